The lowest BCUT2D eigenvalue weighted by atomic mass is 10.2. The second kappa shape index (κ2) is 6.39. The molecule has 5 heteroatoms. The Kier molecular flexibility index (Phi) is 4.14. The monoisotopic (exact) mass is 299 g/mol. The minimum Gasteiger partial charge on any atom is -0.490 e. The summed E-state index contributed by atoms with van der Waals surface area (Å²) in [4.78, 5) is 11.9. The first kappa shape index (κ1) is 14.3. The van der Waals surface area contributed by atoms with Crippen molar-refractivity contribution in [2.24, 2.45) is 0 Å². The van der Waals surface area contributed by atoms with Crippen LogP contribution in [-0.4, -0.2) is 19.1 Å². The lowest BCUT2D eigenvalue weighted by Gasteiger charge is -2.09. The first-order valence-corrected chi connectivity index (χ1v) is 7.16. The molecule has 1 amide bonds. The quantitative estimate of drug-likeness (QED) is 0.882. The van der Waals surface area contributed by atoms with Gasteiger partial charge in [-0.15, -0.1) is 0 Å². The summed E-state index contributed by atoms with van der Waals surface area (Å²) in [7, 11) is 0. The van der Waals surface area contributed by atoms with Crippen molar-refractivity contribution in [1.29, 1.82) is 0 Å². The first-order chi connectivity index (χ1) is 10.7. The van der Waals surface area contributed by atoms with Crippen molar-refractivity contribution in [1.82, 2.24) is 0 Å². The van der Waals surface area contributed by atoms with Gasteiger partial charge in [0.25, 0.3) is 0 Å². The van der Waals surface area contributed by atoms with Gasteiger partial charge >= 0.3 is 0 Å². The highest BCUT2D eigenvalue weighted by Gasteiger charge is 2.11. The first-order valence-electron chi connectivity index (χ1n) is 7.16. The molecule has 2 aromatic rings. The highest BCUT2D eigenvalue weighted by molar-refractivity contribution is 6.01. The summed E-state index contributed by atoms with van der Waals surface area (Å²) < 4.78 is 16.5. The molecule has 0 atom stereocenters. The van der Waals surface area contributed by atoms with Gasteiger partial charge in [0, 0.05) is 24.3 Å². The predicted octanol–water partition coefficient (Wildman–Crippen LogP) is 3.40. The molecule has 0 bridgehead atoms. The molecule has 1 aromatic carbocycles. The van der Waals surface area contributed by atoms with Crippen LogP contribution >= 0.6 is 0 Å². The molecule has 0 saturated heterocycles. The zero-order valence-corrected chi connectivity index (χ0v) is 12.3. The molecule has 1 N–H and O–H groups in total. The van der Waals surface area contributed by atoms with Crippen LogP contribution in [0.2, 0.25) is 0 Å². The molecule has 0 aliphatic carbocycles. The summed E-state index contributed by atoms with van der Waals surface area (Å²) >= 11 is 0. The Morgan fingerprint density at radius 1 is 1.14 bits per heavy atom. The van der Waals surface area contributed by atoms with Crippen LogP contribution in [0, 0.1) is 6.92 Å². The van der Waals surface area contributed by atoms with Gasteiger partial charge in [0.05, 0.1) is 13.2 Å². The van der Waals surface area contributed by atoms with Crippen LogP contribution in [0.25, 0.3) is 6.08 Å². The molecule has 114 valence electrons. The number of ether oxygens (including phenoxy) is 2. The lowest BCUT2D eigenvalue weighted by molar-refractivity contribution is -0.111. The van der Waals surface area contributed by atoms with Gasteiger partial charge in [-0.1, -0.05) is 0 Å². The number of hydrogen-bond acceptors (Lipinski definition) is 4. The van der Waals surface area contributed by atoms with Gasteiger partial charge in [-0.05, 0) is 37.3 Å². The smallest absolute Gasteiger partial charge is 0.248 e. The molecular weight excluding hydrogens is 282 g/mol. The van der Waals surface area contributed by atoms with Crippen LogP contribution in [0.15, 0.2) is 40.8 Å². The molecule has 0 saturated carbocycles. The van der Waals surface area contributed by atoms with Crippen LogP contribution < -0.4 is 14.8 Å². The van der Waals surface area contributed by atoms with Crippen molar-refractivity contribution < 1.29 is 18.7 Å². The predicted molar refractivity (Wildman–Crippen MR) is 83.2 cm³/mol. The van der Waals surface area contributed by atoms with Gasteiger partial charge in [0.1, 0.15) is 11.5 Å². The summed E-state index contributed by atoms with van der Waals surface area (Å²) in [5.41, 5.74) is 0.662. The van der Waals surface area contributed by atoms with Crippen molar-refractivity contribution in [2.45, 2.75) is 13.3 Å². The number of carbonyl (C=O) groups excluding carboxylic acids is 1. The fourth-order valence-corrected chi connectivity index (χ4v) is 2.13. The Balaban J connectivity index is 1.66. The zero-order valence-electron chi connectivity index (χ0n) is 12.3. The number of benzene rings is 1. The van der Waals surface area contributed by atoms with E-state index in [0.717, 1.165) is 12.2 Å². The Morgan fingerprint density at radius 2 is 1.95 bits per heavy atom. The number of rotatable bonds is 3. The summed E-state index contributed by atoms with van der Waals surface area (Å²) in [5, 5.41) is 2.79. The summed E-state index contributed by atoms with van der Waals surface area (Å²) in [6.07, 6.45) is 3.91. The summed E-state index contributed by atoms with van der Waals surface area (Å²) in [5.74, 6) is 2.58. The number of hydrogen-bond donors (Lipinski definition) is 1. The standard InChI is InChI=1S/C17H17NO4/c1-12-3-5-14(22-12)6-8-17(19)18-13-4-7-15-16(11-13)21-10-2-9-20-15/h3-8,11H,2,9-10H2,1H3,(H,18,19)/b8-6+. The highest BCUT2D eigenvalue weighted by atomic mass is 16.5. The third-order valence-electron chi connectivity index (χ3n) is 3.18. The number of aryl methyl sites for hydroxylation is 1. The lowest BCUT2D eigenvalue weighted by Crippen LogP contribution is -2.07. The molecule has 0 spiro atoms. The van der Waals surface area contributed by atoms with E-state index < -0.39 is 0 Å². The molecular formula is C17H17NO4. The van der Waals surface area contributed by atoms with Gasteiger partial charge in [0.15, 0.2) is 11.5 Å². The molecule has 3 rings (SSSR count). The van der Waals surface area contributed by atoms with Crippen molar-refractivity contribution in [3.05, 3.63) is 47.9 Å². The summed E-state index contributed by atoms with van der Waals surface area (Å²) in [6.45, 7) is 3.11. The molecule has 1 aliphatic heterocycles. The zero-order chi connectivity index (χ0) is 15.4. The minimum atomic E-state index is -0.233. The number of carbonyl (C=O) groups is 1. The maximum Gasteiger partial charge on any atom is 0.248 e. The average Bonchev–Trinajstić information content (AvgIpc) is 2.78. The Labute approximate surface area is 128 Å². The van der Waals surface area contributed by atoms with E-state index >= 15 is 0 Å². The fraction of sp³-hybridized carbons (Fsp3) is 0.235. The van der Waals surface area contributed by atoms with Crippen molar-refractivity contribution >= 4 is 17.7 Å². The number of anilines is 1. The van der Waals surface area contributed by atoms with E-state index in [2.05, 4.69) is 5.32 Å². The van der Waals surface area contributed by atoms with Gasteiger partial charge in [0.2, 0.25) is 5.91 Å². The van der Waals surface area contributed by atoms with Crippen molar-refractivity contribution in [3.8, 4) is 11.5 Å². The van der Waals surface area contributed by atoms with Gasteiger partial charge in [-0.3, -0.25) is 4.79 Å². The van der Waals surface area contributed by atoms with E-state index in [1.807, 2.05) is 19.1 Å². The van der Waals surface area contributed by atoms with E-state index in [4.69, 9.17) is 13.9 Å². The van der Waals surface area contributed by atoms with E-state index in [1.165, 1.54) is 6.08 Å². The van der Waals surface area contributed by atoms with E-state index in [1.54, 1.807) is 24.3 Å². The van der Waals surface area contributed by atoms with Crippen LogP contribution in [-0.2, 0) is 4.79 Å². The Hall–Kier alpha value is -2.69. The fourth-order valence-electron chi connectivity index (χ4n) is 2.13. The molecule has 22 heavy (non-hydrogen) atoms. The Morgan fingerprint density at radius 3 is 2.73 bits per heavy atom. The highest BCUT2D eigenvalue weighted by Crippen LogP contribution is 2.32. The van der Waals surface area contributed by atoms with Crippen molar-refractivity contribution in [3.63, 3.8) is 0 Å². The van der Waals surface area contributed by atoms with Gasteiger partial charge in [-0.2, -0.15) is 0 Å². The third-order valence-corrected chi connectivity index (χ3v) is 3.18. The SMILES string of the molecule is Cc1ccc(/C=C/C(=O)Nc2ccc3c(c2)OCCCO3)o1. The number of furan rings is 1. The second-order valence-corrected chi connectivity index (χ2v) is 4.98. The van der Waals surface area contributed by atoms with Crippen LogP contribution in [0.5, 0.6) is 11.5 Å². The molecule has 5 nitrogen and oxygen atoms in total. The van der Waals surface area contributed by atoms with Crippen molar-refractivity contribution in [2.75, 3.05) is 18.5 Å². The number of fused-ring (bicyclic) bond motifs is 1. The molecule has 0 radical (unpaired) electrons. The second-order valence-electron chi connectivity index (χ2n) is 4.98. The number of amides is 1. The van der Waals surface area contributed by atoms with Crippen LogP contribution in [0.4, 0.5) is 5.69 Å². The maximum atomic E-state index is 11.9. The van der Waals surface area contributed by atoms with E-state index in [0.29, 0.717) is 36.2 Å². The van der Waals surface area contributed by atoms with Gasteiger partial charge in [-0.25, -0.2) is 0 Å². The Bertz CT molecular complexity index is 702. The molecule has 0 unspecified atom stereocenters. The topological polar surface area (TPSA) is 60.7 Å². The van der Waals surface area contributed by atoms with E-state index in [9.17, 15) is 4.79 Å². The molecule has 1 aromatic heterocycles. The normalized spacial score (nSPS) is 13.9. The molecule has 1 aliphatic rings. The van der Waals surface area contributed by atoms with Crippen LogP contribution in [0.1, 0.15) is 17.9 Å². The van der Waals surface area contributed by atoms with E-state index in [-0.39, 0.29) is 5.91 Å². The maximum absolute atomic E-state index is 11.9. The minimum absolute atomic E-state index is 0.233. The third kappa shape index (κ3) is 3.49. The summed E-state index contributed by atoms with van der Waals surface area (Å²) in [6, 6.07) is 9.02. The van der Waals surface area contributed by atoms with Crippen LogP contribution in [0.3, 0.4) is 0 Å². The number of nitrogens with one attached hydrogen (secondary N) is 1. The largest absolute Gasteiger partial charge is 0.490 e. The molecule has 0 fully saturated rings. The average molecular weight is 299 g/mol. The van der Waals surface area contributed by atoms with Gasteiger partial charge < -0.3 is 19.2 Å². The molecule has 2 heterocycles.